The predicted molar refractivity (Wildman–Crippen MR) is 112 cm³/mol. The van der Waals surface area contributed by atoms with Crippen molar-refractivity contribution in [1.82, 2.24) is 15.0 Å². The van der Waals surface area contributed by atoms with Gasteiger partial charge < -0.3 is 19.9 Å². The zero-order valence-electron chi connectivity index (χ0n) is 16.2. The number of hydrogen-bond donors (Lipinski definition) is 1. The molecule has 3 heterocycles. The number of nitrogens with zero attached hydrogens (tertiary/aromatic N) is 5. The second-order valence-corrected chi connectivity index (χ2v) is 6.73. The van der Waals surface area contributed by atoms with Gasteiger partial charge in [-0.15, -0.1) is 0 Å². The third-order valence-electron chi connectivity index (χ3n) is 4.82. The largest absolute Gasteiger partial charge is 0.495 e. The van der Waals surface area contributed by atoms with Crippen LogP contribution >= 0.6 is 0 Å². The van der Waals surface area contributed by atoms with Crippen LogP contribution in [0.3, 0.4) is 0 Å². The molecular formula is C21H24N6O. The maximum atomic E-state index is 5.43. The molecule has 0 saturated carbocycles. The van der Waals surface area contributed by atoms with E-state index in [1.807, 2.05) is 49.5 Å². The van der Waals surface area contributed by atoms with Crippen LogP contribution < -0.4 is 19.9 Å². The number of anilines is 4. The molecule has 1 aliphatic heterocycles. The number of ether oxygens (including phenoxy) is 1. The third kappa shape index (κ3) is 3.98. The van der Waals surface area contributed by atoms with Crippen LogP contribution in [0.1, 0.15) is 5.56 Å². The lowest BCUT2D eigenvalue weighted by Gasteiger charge is -2.36. The van der Waals surface area contributed by atoms with Gasteiger partial charge in [-0.05, 0) is 42.8 Å². The van der Waals surface area contributed by atoms with E-state index in [4.69, 9.17) is 9.72 Å². The molecular weight excluding hydrogens is 352 g/mol. The SMILES string of the molecule is COc1ccc(C)cc1Nc1nccc(N2CCN(c3ccccn3)CC2)n1. The summed E-state index contributed by atoms with van der Waals surface area (Å²) in [5.74, 6) is 3.28. The van der Waals surface area contributed by atoms with E-state index >= 15 is 0 Å². The summed E-state index contributed by atoms with van der Waals surface area (Å²) in [6.45, 7) is 5.65. The number of hydrogen-bond acceptors (Lipinski definition) is 7. The highest BCUT2D eigenvalue weighted by atomic mass is 16.5. The molecule has 3 aromatic rings. The molecule has 7 heteroatoms. The van der Waals surface area contributed by atoms with Crippen molar-refractivity contribution >= 4 is 23.3 Å². The van der Waals surface area contributed by atoms with Gasteiger partial charge in [0.2, 0.25) is 5.95 Å². The van der Waals surface area contributed by atoms with E-state index in [2.05, 4.69) is 31.2 Å². The molecule has 1 aromatic carbocycles. The summed E-state index contributed by atoms with van der Waals surface area (Å²) in [6, 6.07) is 14.0. The quantitative estimate of drug-likeness (QED) is 0.733. The predicted octanol–water partition coefficient (Wildman–Crippen LogP) is 3.26. The summed E-state index contributed by atoms with van der Waals surface area (Å²) in [5, 5.41) is 3.28. The molecule has 0 radical (unpaired) electrons. The molecule has 0 unspecified atom stereocenters. The zero-order chi connectivity index (χ0) is 19.3. The fourth-order valence-electron chi connectivity index (χ4n) is 3.33. The Morgan fingerprint density at radius 2 is 1.68 bits per heavy atom. The monoisotopic (exact) mass is 376 g/mol. The van der Waals surface area contributed by atoms with E-state index in [0.29, 0.717) is 5.95 Å². The topological polar surface area (TPSA) is 66.4 Å². The van der Waals surface area contributed by atoms with Gasteiger partial charge in [-0.25, -0.2) is 9.97 Å². The molecule has 2 aromatic heterocycles. The number of aryl methyl sites for hydroxylation is 1. The summed E-state index contributed by atoms with van der Waals surface area (Å²) < 4.78 is 5.43. The normalized spacial score (nSPS) is 14.1. The standard InChI is InChI=1S/C21H24N6O/c1-16-6-7-18(28-2)17(15-16)24-21-23-10-8-20(25-21)27-13-11-26(12-14-27)19-5-3-4-9-22-19/h3-10,15H,11-14H2,1-2H3,(H,23,24,25). The molecule has 0 amide bonds. The van der Waals surface area contributed by atoms with Crippen LogP contribution in [0.5, 0.6) is 5.75 Å². The summed E-state index contributed by atoms with van der Waals surface area (Å²) in [6.07, 6.45) is 3.63. The van der Waals surface area contributed by atoms with Gasteiger partial charge in [0.1, 0.15) is 17.4 Å². The van der Waals surface area contributed by atoms with Crippen LogP contribution in [0.2, 0.25) is 0 Å². The minimum Gasteiger partial charge on any atom is -0.495 e. The fraction of sp³-hybridized carbons (Fsp3) is 0.286. The van der Waals surface area contributed by atoms with E-state index in [1.165, 1.54) is 0 Å². The number of nitrogens with one attached hydrogen (secondary N) is 1. The van der Waals surface area contributed by atoms with Gasteiger partial charge in [0.15, 0.2) is 0 Å². The second kappa shape index (κ2) is 8.12. The molecule has 4 rings (SSSR count). The Labute approximate surface area is 165 Å². The number of methoxy groups -OCH3 is 1. The lowest BCUT2D eigenvalue weighted by molar-refractivity contribution is 0.416. The molecule has 0 spiro atoms. The molecule has 28 heavy (non-hydrogen) atoms. The van der Waals surface area contributed by atoms with E-state index in [-0.39, 0.29) is 0 Å². The maximum absolute atomic E-state index is 5.43. The van der Waals surface area contributed by atoms with E-state index in [1.54, 1.807) is 13.3 Å². The van der Waals surface area contributed by atoms with E-state index < -0.39 is 0 Å². The van der Waals surface area contributed by atoms with Gasteiger partial charge in [-0.1, -0.05) is 12.1 Å². The van der Waals surface area contributed by atoms with Crippen LogP contribution in [-0.4, -0.2) is 48.2 Å². The molecule has 7 nitrogen and oxygen atoms in total. The van der Waals surface area contributed by atoms with Gasteiger partial charge in [-0.2, -0.15) is 4.98 Å². The average molecular weight is 376 g/mol. The Bertz CT molecular complexity index is 925. The van der Waals surface area contributed by atoms with Crippen molar-refractivity contribution in [3.63, 3.8) is 0 Å². The smallest absolute Gasteiger partial charge is 0.229 e. The molecule has 1 saturated heterocycles. The van der Waals surface area contributed by atoms with Gasteiger partial charge in [0.25, 0.3) is 0 Å². The molecule has 1 fully saturated rings. The number of pyridine rings is 1. The Balaban J connectivity index is 1.45. The van der Waals surface area contributed by atoms with E-state index in [9.17, 15) is 0 Å². The average Bonchev–Trinajstić information content (AvgIpc) is 2.75. The third-order valence-corrected chi connectivity index (χ3v) is 4.82. The Morgan fingerprint density at radius 3 is 2.39 bits per heavy atom. The van der Waals surface area contributed by atoms with Gasteiger partial charge in [-0.3, -0.25) is 0 Å². The molecule has 0 bridgehead atoms. The minimum absolute atomic E-state index is 0.563. The lowest BCUT2D eigenvalue weighted by Crippen LogP contribution is -2.47. The summed E-state index contributed by atoms with van der Waals surface area (Å²) in [7, 11) is 1.66. The molecule has 1 aliphatic rings. The zero-order valence-corrected chi connectivity index (χ0v) is 16.2. The lowest BCUT2D eigenvalue weighted by atomic mass is 10.2. The highest BCUT2D eigenvalue weighted by Crippen LogP contribution is 2.28. The first kappa shape index (κ1) is 18.0. The fourth-order valence-corrected chi connectivity index (χ4v) is 3.33. The van der Waals surface area contributed by atoms with Gasteiger partial charge in [0.05, 0.1) is 12.8 Å². The number of piperazine rings is 1. The van der Waals surface area contributed by atoms with Crippen molar-refractivity contribution in [3.8, 4) is 5.75 Å². The van der Waals surface area contributed by atoms with Crippen LogP contribution in [0, 0.1) is 6.92 Å². The van der Waals surface area contributed by atoms with Gasteiger partial charge in [0, 0.05) is 38.6 Å². The van der Waals surface area contributed by atoms with Crippen molar-refractivity contribution in [2.24, 2.45) is 0 Å². The maximum Gasteiger partial charge on any atom is 0.229 e. The second-order valence-electron chi connectivity index (χ2n) is 6.73. The van der Waals surface area contributed by atoms with Crippen molar-refractivity contribution < 1.29 is 4.74 Å². The number of rotatable bonds is 5. The molecule has 0 aliphatic carbocycles. The van der Waals surface area contributed by atoms with Crippen molar-refractivity contribution in [1.29, 1.82) is 0 Å². The van der Waals surface area contributed by atoms with Crippen molar-refractivity contribution in [2.75, 3.05) is 48.4 Å². The molecule has 0 atom stereocenters. The Kier molecular flexibility index (Phi) is 5.23. The van der Waals surface area contributed by atoms with Gasteiger partial charge >= 0.3 is 0 Å². The number of aromatic nitrogens is 3. The first-order chi connectivity index (χ1) is 13.7. The minimum atomic E-state index is 0.563. The van der Waals surface area contributed by atoms with Crippen LogP contribution in [0.15, 0.2) is 54.9 Å². The summed E-state index contributed by atoms with van der Waals surface area (Å²) in [5.41, 5.74) is 2.00. The van der Waals surface area contributed by atoms with Crippen LogP contribution in [-0.2, 0) is 0 Å². The first-order valence-electron chi connectivity index (χ1n) is 9.38. The number of benzene rings is 1. The Morgan fingerprint density at radius 1 is 0.893 bits per heavy atom. The summed E-state index contributed by atoms with van der Waals surface area (Å²) >= 11 is 0. The van der Waals surface area contributed by atoms with E-state index in [0.717, 1.165) is 54.8 Å². The summed E-state index contributed by atoms with van der Waals surface area (Å²) in [4.78, 5) is 18.1. The highest BCUT2D eigenvalue weighted by Gasteiger charge is 2.19. The van der Waals surface area contributed by atoms with Crippen LogP contribution in [0.25, 0.3) is 0 Å². The first-order valence-corrected chi connectivity index (χ1v) is 9.38. The highest BCUT2D eigenvalue weighted by molar-refractivity contribution is 5.64. The van der Waals surface area contributed by atoms with Crippen LogP contribution in [0.4, 0.5) is 23.3 Å². The van der Waals surface area contributed by atoms with Crippen molar-refractivity contribution in [3.05, 3.63) is 60.4 Å². The molecule has 1 N–H and O–H groups in total. The molecule has 144 valence electrons. The Hall–Kier alpha value is -3.35. The van der Waals surface area contributed by atoms with Crippen molar-refractivity contribution in [2.45, 2.75) is 6.92 Å².